The number of nitrogens with zero attached hydrogens (tertiary/aromatic N) is 1. The zero-order valence-electron chi connectivity index (χ0n) is 14.9. The molecule has 5 heteroatoms. The van der Waals surface area contributed by atoms with Crippen LogP contribution in [-0.4, -0.2) is 35.8 Å². The molecule has 1 aliphatic heterocycles. The largest absolute Gasteiger partial charge is 0.464 e. The Morgan fingerprint density at radius 3 is 1.63 bits per heavy atom. The van der Waals surface area contributed by atoms with E-state index in [1.54, 1.807) is 0 Å². The van der Waals surface area contributed by atoms with Crippen LogP contribution in [0.3, 0.4) is 0 Å². The molecule has 2 aromatic carbocycles. The first-order valence-corrected chi connectivity index (χ1v) is 9.26. The molecule has 4 aliphatic rings. The molecule has 136 valence electrons. The zero-order chi connectivity index (χ0) is 18.7. The molecular weight excluding hydrogens is 342 g/mol. The monoisotopic (exact) mass is 361 g/mol. The maximum absolute atomic E-state index is 13.2. The number of rotatable bonds is 3. The van der Waals surface area contributed by atoms with Crippen LogP contribution in [0.15, 0.2) is 48.5 Å². The van der Waals surface area contributed by atoms with Gasteiger partial charge in [-0.25, -0.2) is 0 Å². The molecule has 2 amide bonds. The number of imide groups is 1. The molecule has 1 fully saturated rings. The molecular formula is C22H19NO4. The molecule has 0 N–H and O–H groups in total. The number of ether oxygens (including phenoxy) is 1. The summed E-state index contributed by atoms with van der Waals surface area (Å²) < 4.78 is 4.96. The standard InChI is InChI=1S/C22H19NO4/c1-12(24)27-11-10-23-21(25)19-17-13-6-2-3-7-14(13)18(20(19)22(23)26)16-9-5-4-8-15(16)17/h2-9,17-20H,10-11H2,1H3/t17?,18?,19-,20-/m0/s1. The molecule has 0 unspecified atom stereocenters. The van der Waals surface area contributed by atoms with Crippen molar-refractivity contribution in [2.75, 3.05) is 13.2 Å². The van der Waals surface area contributed by atoms with E-state index in [0.29, 0.717) is 0 Å². The number of amides is 2. The number of hydrogen-bond donors (Lipinski definition) is 0. The van der Waals surface area contributed by atoms with E-state index in [9.17, 15) is 14.4 Å². The number of esters is 1. The van der Waals surface area contributed by atoms with E-state index in [1.165, 1.54) is 11.8 Å². The van der Waals surface area contributed by atoms with Crippen molar-refractivity contribution in [1.82, 2.24) is 4.90 Å². The fourth-order valence-corrected chi connectivity index (χ4v) is 5.24. The van der Waals surface area contributed by atoms with E-state index in [2.05, 4.69) is 24.3 Å². The summed E-state index contributed by atoms with van der Waals surface area (Å²) in [7, 11) is 0. The molecule has 2 aromatic rings. The van der Waals surface area contributed by atoms with Crippen LogP contribution in [0, 0.1) is 11.8 Å². The number of carbonyl (C=O) groups excluding carboxylic acids is 3. The number of benzene rings is 2. The maximum Gasteiger partial charge on any atom is 0.302 e. The van der Waals surface area contributed by atoms with Crippen LogP contribution < -0.4 is 0 Å². The topological polar surface area (TPSA) is 63.7 Å². The van der Waals surface area contributed by atoms with Gasteiger partial charge in [0.1, 0.15) is 6.61 Å². The predicted octanol–water partition coefficient (Wildman–Crippen LogP) is 2.44. The summed E-state index contributed by atoms with van der Waals surface area (Å²) in [5, 5.41) is 0. The van der Waals surface area contributed by atoms with Crippen LogP contribution in [0.4, 0.5) is 0 Å². The minimum atomic E-state index is -0.411. The van der Waals surface area contributed by atoms with Gasteiger partial charge in [0, 0.05) is 18.8 Å². The van der Waals surface area contributed by atoms with Gasteiger partial charge in [-0.15, -0.1) is 0 Å². The van der Waals surface area contributed by atoms with Crippen LogP contribution in [0.25, 0.3) is 0 Å². The van der Waals surface area contributed by atoms with E-state index in [-0.39, 0.29) is 48.6 Å². The Bertz CT molecular complexity index is 866. The van der Waals surface area contributed by atoms with E-state index in [0.717, 1.165) is 22.3 Å². The predicted molar refractivity (Wildman–Crippen MR) is 96.9 cm³/mol. The Morgan fingerprint density at radius 2 is 1.26 bits per heavy atom. The second-order valence-electron chi connectivity index (χ2n) is 7.43. The minimum Gasteiger partial charge on any atom is -0.464 e. The first-order valence-electron chi connectivity index (χ1n) is 9.26. The highest BCUT2D eigenvalue weighted by molar-refractivity contribution is 6.07. The summed E-state index contributed by atoms with van der Waals surface area (Å²) in [6, 6.07) is 16.3. The Hall–Kier alpha value is -2.95. The average Bonchev–Trinajstić information content (AvgIpc) is 2.93. The molecule has 1 saturated heterocycles. The molecule has 2 bridgehead atoms. The molecule has 6 rings (SSSR count). The van der Waals surface area contributed by atoms with Crippen molar-refractivity contribution >= 4 is 17.8 Å². The van der Waals surface area contributed by atoms with Crippen LogP contribution in [0.5, 0.6) is 0 Å². The summed E-state index contributed by atoms with van der Waals surface area (Å²) in [4.78, 5) is 38.7. The van der Waals surface area contributed by atoms with Crippen LogP contribution in [0.1, 0.15) is 41.0 Å². The van der Waals surface area contributed by atoms with Crippen molar-refractivity contribution in [2.24, 2.45) is 11.8 Å². The highest BCUT2D eigenvalue weighted by atomic mass is 16.5. The fourth-order valence-electron chi connectivity index (χ4n) is 5.24. The van der Waals surface area contributed by atoms with E-state index in [4.69, 9.17) is 4.74 Å². The molecule has 0 aromatic heterocycles. The lowest BCUT2D eigenvalue weighted by atomic mass is 9.55. The smallest absolute Gasteiger partial charge is 0.302 e. The van der Waals surface area contributed by atoms with E-state index < -0.39 is 5.97 Å². The third-order valence-corrected chi connectivity index (χ3v) is 6.16. The van der Waals surface area contributed by atoms with Gasteiger partial charge in [0.2, 0.25) is 11.8 Å². The molecule has 0 spiro atoms. The molecule has 3 aliphatic carbocycles. The third-order valence-electron chi connectivity index (χ3n) is 6.16. The molecule has 5 nitrogen and oxygen atoms in total. The fraction of sp³-hybridized carbons (Fsp3) is 0.318. The first-order chi connectivity index (χ1) is 13.1. The van der Waals surface area contributed by atoms with Gasteiger partial charge in [-0.1, -0.05) is 48.5 Å². The summed E-state index contributed by atoms with van der Waals surface area (Å²) in [6.07, 6.45) is 0. The van der Waals surface area contributed by atoms with E-state index in [1.807, 2.05) is 24.3 Å². The molecule has 0 radical (unpaired) electrons. The SMILES string of the molecule is CC(=O)OCCN1C(=O)[C@H]2C3c4ccccc4C(c4ccccc43)[C@@H]2C1=O. The minimum absolute atomic E-state index is 0.0431. The Balaban J connectivity index is 1.60. The summed E-state index contributed by atoms with van der Waals surface area (Å²) >= 11 is 0. The van der Waals surface area contributed by atoms with Gasteiger partial charge < -0.3 is 4.74 Å². The summed E-state index contributed by atoms with van der Waals surface area (Å²) in [5.74, 6) is -1.63. The van der Waals surface area contributed by atoms with Gasteiger partial charge in [-0.2, -0.15) is 0 Å². The maximum atomic E-state index is 13.2. The third kappa shape index (κ3) is 2.14. The van der Waals surface area contributed by atoms with Gasteiger partial charge >= 0.3 is 5.97 Å². The summed E-state index contributed by atoms with van der Waals surface area (Å²) in [5.41, 5.74) is 4.63. The van der Waals surface area contributed by atoms with Gasteiger partial charge in [-0.3, -0.25) is 19.3 Å². The second kappa shape index (κ2) is 5.78. The molecule has 1 heterocycles. The normalized spacial score (nSPS) is 27.2. The molecule has 0 saturated carbocycles. The number of hydrogen-bond acceptors (Lipinski definition) is 4. The lowest BCUT2D eigenvalue weighted by Crippen LogP contribution is -2.41. The zero-order valence-corrected chi connectivity index (χ0v) is 14.9. The van der Waals surface area contributed by atoms with Crippen LogP contribution >= 0.6 is 0 Å². The average molecular weight is 361 g/mol. The van der Waals surface area contributed by atoms with Crippen molar-refractivity contribution in [3.8, 4) is 0 Å². The molecule has 2 atom stereocenters. The lowest BCUT2D eigenvalue weighted by Gasteiger charge is -2.45. The van der Waals surface area contributed by atoms with Crippen molar-refractivity contribution in [2.45, 2.75) is 18.8 Å². The molecule has 27 heavy (non-hydrogen) atoms. The van der Waals surface area contributed by atoms with Gasteiger partial charge in [0.15, 0.2) is 0 Å². The Morgan fingerprint density at radius 1 is 0.852 bits per heavy atom. The van der Waals surface area contributed by atoms with Gasteiger partial charge in [-0.05, 0) is 22.3 Å². The van der Waals surface area contributed by atoms with Crippen molar-refractivity contribution < 1.29 is 19.1 Å². The number of likely N-dealkylation sites (tertiary alicyclic amines) is 1. The van der Waals surface area contributed by atoms with Crippen LogP contribution in [-0.2, 0) is 19.1 Å². The van der Waals surface area contributed by atoms with Gasteiger partial charge in [0.05, 0.1) is 18.4 Å². The van der Waals surface area contributed by atoms with Gasteiger partial charge in [0.25, 0.3) is 0 Å². The van der Waals surface area contributed by atoms with Crippen molar-refractivity contribution in [3.63, 3.8) is 0 Å². The lowest BCUT2D eigenvalue weighted by molar-refractivity contribution is -0.147. The first kappa shape index (κ1) is 16.2. The van der Waals surface area contributed by atoms with Crippen molar-refractivity contribution in [1.29, 1.82) is 0 Å². The number of carbonyl (C=O) groups is 3. The van der Waals surface area contributed by atoms with Crippen LogP contribution in [0.2, 0.25) is 0 Å². The highest BCUT2D eigenvalue weighted by Crippen LogP contribution is 2.60. The highest BCUT2D eigenvalue weighted by Gasteiger charge is 2.61. The Kier molecular flexibility index (Phi) is 3.47. The quantitative estimate of drug-likeness (QED) is 0.622. The second-order valence-corrected chi connectivity index (χ2v) is 7.43. The summed E-state index contributed by atoms with van der Waals surface area (Å²) in [6.45, 7) is 1.48. The van der Waals surface area contributed by atoms with E-state index >= 15 is 0 Å². The Labute approximate surface area is 156 Å². The van der Waals surface area contributed by atoms with Crippen molar-refractivity contribution in [3.05, 3.63) is 70.8 Å².